The Morgan fingerprint density at radius 1 is 1.39 bits per heavy atom. The Labute approximate surface area is 113 Å². The van der Waals surface area contributed by atoms with Crippen molar-refractivity contribution in [1.82, 2.24) is 5.32 Å². The van der Waals surface area contributed by atoms with Gasteiger partial charge in [0, 0.05) is 22.5 Å². The monoisotopic (exact) mass is 263 g/mol. The van der Waals surface area contributed by atoms with E-state index < -0.39 is 0 Å². The van der Waals surface area contributed by atoms with Crippen LogP contribution in [0.1, 0.15) is 54.3 Å². The second-order valence-corrected chi connectivity index (χ2v) is 5.71. The largest absolute Gasteiger partial charge is 0.466 e. The lowest BCUT2D eigenvalue weighted by Gasteiger charge is -2.21. The van der Waals surface area contributed by atoms with E-state index in [0.717, 1.165) is 17.9 Å². The zero-order chi connectivity index (χ0) is 13.1. The Bertz CT molecular complexity index is 487. The topological polar surface area (TPSA) is 25.2 Å². The van der Waals surface area contributed by atoms with Gasteiger partial charge in [-0.3, -0.25) is 0 Å². The molecule has 0 bridgehead atoms. The number of hydrogen-bond donors (Lipinski definition) is 1. The molecule has 0 saturated carbocycles. The van der Waals surface area contributed by atoms with Crippen LogP contribution in [0.5, 0.6) is 0 Å². The number of furan rings is 1. The van der Waals surface area contributed by atoms with E-state index >= 15 is 0 Å². The Morgan fingerprint density at radius 3 is 2.67 bits per heavy atom. The molecule has 0 aliphatic carbocycles. The van der Waals surface area contributed by atoms with E-state index in [-0.39, 0.29) is 0 Å². The third-order valence-electron chi connectivity index (χ3n) is 3.29. The molecule has 0 spiro atoms. The van der Waals surface area contributed by atoms with Gasteiger partial charge in [-0.15, -0.1) is 11.3 Å². The molecule has 2 unspecified atom stereocenters. The summed E-state index contributed by atoms with van der Waals surface area (Å²) in [5.41, 5.74) is 1.27. The molecule has 2 rings (SSSR count). The molecule has 2 atom stereocenters. The van der Waals surface area contributed by atoms with E-state index in [2.05, 4.69) is 42.7 Å². The molecule has 0 fully saturated rings. The molecule has 18 heavy (non-hydrogen) atoms. The smallest absolute Gasteiger partial charge is 0.105 e. The number of thiophene rings is 1. The molecule has 1 N–H and O–H groups in total. The van der Waals surface area contributed by atoms with Crippen molar-refractivity contribution in [2.24, 2.45) is 0 Å². The van der Waals surface area contributed by atoms with Crippen LogP contribution in [0.3, 0.4) is 0 Å². The molecule has 2 aromatic rings. The van der Waals surface area contributed by atoms with Gasteiger partial charge in [0.25, 0.3) is 0 Å². The van der Waals surface area contributed by atoms with Gasteiger partial charge in [0.1, 0.15) is 11.5 Å². The average molecular weight is 263 g/mol. The van der Waals surface area contributed by atoms with Crippen LogP contribution in [-0.4, -0.2) is 0 Å². The summed E-state index contributed by atoms with van der Waals surface area (Å²) >= 11 is 1.82. The van der Waals surface area contributed by atoms with Gasteiger partial charge in [0.05, 0.1) is 0 Å². The third-order valence-corrected chi connectivity index (χ3v) is 4.28. The predicted molar refractivity (Wildman–Crippen MR) is 77.1 cm³/mol. The third kappa shape index (κ3) is 2.85. The summed E-state index contributed by atoms with van der Waals surface area (Å²) in [5.74, 6) is 2.01. The maximum atomic E-state index is 5.60. The van der Waals surface area contributed by atoms with Crippen LogP contribution in [0.15, 0.2) is 28.0 Å². The standard InChI is InChI=1S/C15H21NOS/c1-5-14(15-7-6-8-18-15)16-11(3)13-9-10(2)17-12(13)4/h6-9,11,14,16H,5H2,1-4H3. The lowest BCUT2D eigenvalue weighted by molar-refractivity contribution is 0.448. The minimum Gasteiger partial charge on any atom is -0.466 e. The van der Waals surface area contributed by atoms with Crippen molar-refractivity contribution in [2.45, 2.75) is 46.2 Å². The van der Waals surface area contributed by atoms with Gasteiger partial charge in [-0.2, -0.15) is 0 Å². The summed E-state index contributed by atoms with van der Waals surface area (Å²) in [6.45, 7) is 8.46. The van der Waals surface area contributed by atoms with Crippen LogP contribution < -0.4 is 5.32 Å². The fraction of sp³-hybridized carbons (Fsp3) is 0.467. The molecule has 2 aromatic heterocycles. The second-order valence-electron chi connectivity index (χ2n) is 4.73. The van der Waals surface area contributed by atoms with Crippen LogP contribution in [0, 0.1) is 13.8 Å². The fourth-order valence-corrected chi connectivity index (χ4v) is 3.23. The van der Waals surface area contributed by atoms with Crippen LogP contribution in [0.2, 0.25) is 0 Å². The van der Waals surface area contributed by atoms with Crippen molar-refractivity contribution in [1.29, 1.82) is 0 Å². The first kappa shape index (κ1) is 13.4. The molecular formula is C15H21NOS. The molecule has 0 saturated heterocycles. The maximum absolute atomic E-state index is 5.60. The highest BCUT2D eigenvalue weighted by Crippen LogP contribution is 2.27. The fourth-order valence-electron chi connectivity index (χ4n) is 2.36. The van der Waals surface area contributed by atoms with Crippen LogP contribution in [-0.2, 0) is 0 Å². The quantitative estimate of drug-likeness (QED) is 0.841. The highest BCUT2D eigenvalue weighted by Gasteiger charge is 2.17. The van der Waals surface area contributed by atoms with Gasteiger partial charge in [-0.05, 0) is 44.7 Å². The van der Waals surface area contributed by atoms with Crippen LogP contribution >= 0.6 is 11.3 Å². The van der Waals surface area contributed by atoms with Crippen LogP contribution in [0.25, 0.3) is 0 Å². The highest BCUT2D eigenvalue weighted by molar-refractivity contribution is 7.10. The molecule has 0 amide bonds. The predicted octanol–water partition coefficient (Wildman–Crippen LogP) is 4.76. The Hall–Kier alpha value is -1.06. The zero-order valence-corrected chi connectivity index (χ0v) is 12.3. The van der Waals surface area contributed by atoms with Crippen molar-refractivity contribution >= 4 is 11.3 Å². The number of nitrogens with one attached hydrogen (secondary N) is 1. The molecular weight excluding hydrogens is 242 g/mol. The minimum atomic E-state index is 0.314. The van der Waals surface area contributed by atoms with E-state index in [9.17, 15) is 0 Å². The first-order chi connectivity index (χ1) is 8.61. The molecule has 0 aliphatic rings. The summed E-state index contributed by atoms with van der Waals surface area (Å²) in [6.07, 6.45) is 1.10. The van der Waals surface area contributed by atoms with Crippen LogP contribution in [0.4, 0.5) is 0 Å². The summed E-state index contributed by atoms with van der Waals surface area (Å²) in [6, 6.07) is 7.19. The van der Waals surface area contributed by atoms with Gasteiger partial charge in [-0.25, -0.2) is 0 Å². The van der Waals surface area contributed by atoms with Crippen molar-refractivity contribution in [2.75, 3.05) is 0 Å². The number of rotatable bonds is 5. The minimum absolute atomic E-state index is 0.314. The number of aryl methyl sites for hydroxylation is 2. The molecule has 0 aliphatic heterocycles. The molecule has 2 heterocycles. The first-order valence-electron chi connectivity index (χ1n) is 6.48. The Kier molecular flexibility index (Phi) is 4.25. The zero-order valence-electron chi connectivity index (χ0n) is 11.5. The van der Waals surface area contributed by atoms with Crippen molar-refractivity contribution < 1.29 is 4.42 Å². The Balaban J connectivity index is 2.10. The highest BCUT2D eigenvalue weighted by atomic mass is 32.1. The lowest BCUT2D eigenvalue weighted by atomic mass is 10.1. The van der Waals surface area contributed by atoms with Crippen molar-refractivity contribution in [3.05, 3.63) is 45.5 Å². The van der Waals surface area contributed by atoms with Gasteiger partial charge in [0.15, 0.2) is 0 Å². The van der Waals surface area contributed by atoms with Crippen molar-refractivity contribution in [3.8, 4) is 0 Å². The second kappa shape index (κ2) is 5.72. The van der Waals surface area contributed by atoms with E-state index in [0.29, 0.717) is 12.1 Å². The maximum Gasteiger partial charge on any atom is 0.105 e. The normalized spacial score (nSPS) is 14.7. The molecule has 2 nitrogen and oxygen atoms in total. The average Bonchev–Trinajstić information content (AvgIpc) is 2.95. The molecule has 0 aromatic carbocycles. The van der Waals surface area contributed by atoms with Gasteiger partial charge in [-0.1, -0.05) is 13.0 Å². The van der Waals surface area contributed by atoms with E-state index in [4.69, 9.17) is 4.42 Å². The van der Waals surface area contributed by atoms with Crippen molar-refractivity contribution in [3.63, 3.8) is 0 Å². The first-order valence-corrected chi connectivity index (χ1v) is 7.36. The molecule has 3 heteroatoms. The summed E-state index contributed by atoms with van der Waals surface area (Å²) in [5, 5.41) is 5.83. The van der Waals surface area contributed by atoms with E-state index in [1.165, 1.54) is 10.4 Å². The Morgan fingerprint density at radius 2 is 2.17 bits per heavy atom. The summed E-state index contributed by atoms with van der Waals surface area (Å²) < 4.78 is 5.60. The van der Waals surface area contributed by atoms with E-state index in [1.54, 1.807) is 0 Å². The molecule has 0 radical (unpaired) electrons. The summed E-state index contributed by atoms with van der Waals surface area (Å²) in [7, 11) is 0. The van der Waals surface area contributed by atoms with Gasteiger partial charge >= 0.3 is 0 Å². The molecule has 98 valence electrons. The van der Waals surface area contributed by atoms with Gasteiger partial charge < -0.3 is 9.73 Å². The SMILES string of the molecule is CCC(NC(C)c1cc(C)oc1C)c1cccs1. The lowest BCUT2D eigenvalue weighted by Crippen LogP contribution is -2.23. The van der Waals surface area contributed by atoms with E-state index in [1.807, 2.05) is 25.2 Å². The summed E-state index contributed by atoms with van der Waals surface area (Å²) in [4.78, 5) is 1.40. The number of hydrogen-bond acceptors (Lipinski definition) is 3. The van der Waals surface area contributed by atoms with Gasteiger partial charge in [0.2, 0.25) is 0 Å².